The van der Waals surface area contributed by atoms with E-state index < -0.39 is 0 Å². The number of para-hydroxylation sites is 3. The first kappa shape index (κ1) is 32.3. The maximum Gasteiger partial charge on any atom is 0.168 e. The maximum absolute atomic E-state index is 4.74. The van der Waals surface area contributed by atoms with Crippen molar-refractivity contribution in [1.82, 2.24) is 28.5 Å². The largest absolute Gasteiger partial charge is 0.316 e. The molecule has 0 unspecified atom stereocenters. The highest BCUT2D eigenvalue weighted by molar-refractivity contribution is 6.23. The SMILES string of the molecule is c1ccc(-c2nnc(-c3ccccc3)n2-c2ccc(-n3c4cc5c6ccccc6n(-c6ccccc6)c5cc4c4ccc5c(ccn5-c5ccccc5)c43)cc2)cc1. The van der Waals surface area contributed by atoms with Gasteiger partial charge in [-0.3, -0.25) is 4.57 Å². The molecule has 272 valence electrons. The van der Waals surface area contributed by atoms with Gasteiger partial charge in [0.05, 0.1) is 27.6 Å². The molecular formula is C52H34N6. The van der Waals surface area contributed by atoms with E-state index in [1.54, 1.807) is 0 Å². The molecule has 0 radical (unpaired) electrons. The maximum atomic E-state index is 4.74. The third-order valence-corrected chi connectivity index (χ3v) is 11.5. The molecule has 0 N–H and O–H groups in total. The van der Waals surface area contributed by atoms with Crippen molar-refractivity contribution in [3.63, 3.8) is 0 Å². The molecule has 4 heterocycles. The fourth-order valence-corrected chi connectivity index (χ4v) is 8.95. The molecule has 12 aromatic rings. The molecule has 0 aliphatic heterocycles. The fourth-order valence-electron chi connectivity index (χ4n) is 8.95. The Labute approximate surface area is 333 Å². The first-order valence-corrected chi connectivity index (χ1v) is 19.6. The van der Waals surface area contributed by atoms with Crippen LogP contribution in [0.5, 0.6) is 0 Å². The van der Waals surface area contributed by atoms with Crippen molar-refractivity contribution in [2.75, 3.05) is 0 Å². The number of fused-ring (bicyclic) bond motifs is 8. The molecule has 58 heavy (non-hydrogen) atoms. The number of benzene rings is 8. The minimum atomic E-state index is 0.797. The zero-order chi connectivity index (χ0) is 38.2. The van der Waals surface area contributed by atoms with Crippen LogP contribution in [0.1, 0.15) is 0 Å². The van der Waals surface area contributed by atoms with Gasteiger partial charge in [-0.1, -0.05) is 121 Å². The van der Waals surface area contributed by atoms with Crippen LogP contribution in [-0.4, -0.2) is 28.5 Å². The molecule has 4 aromatic heterocycles. The van der Waals surface area contributed by atoms with E-state index in [1.807, 2.05) is 36.4 Å². The lowest BCUT2D eigenvalue weighted by atomic mass is 10.1. The second-order valence-electron chi connectivity index (χ2n) is 14.8. The third-order valence-electron chi connectivity index (χ3n) is 11.5. The van der Waals surface area contributed by atoms with Crippen LogP contribution < -0.4 is 0 Å². The summed E-state index contributed by atoms with van der Waals surface area (Å²) in [6.45, 7) is 0. The highest BCUT2D eigenvalue weighted by atomic mass is 15.3. The second kappa shape index (κ2) is 12.8. The quantitative estimate of drug-likeness (QED) is 0.170. The normalized spacial score (nSPS) is 11.8. The summed E-state index contributed by atoms with van der Waals surface area (Å²) in [5.41, 5.74) is 12.2. The van der Waals surface area contributed by atoms with Gasteiger partial charge in [-0.25, -0.2) is 0 Å². The van der Waals surface area contributed by atoms with Crippen molar-refractivity contribution in [1.29, 1.82) is 0 Å². The summed E-state index contributed by atoms with van der Waals surface area (Å²) in [5.74, 6) is 1.59. The van der Waals surface area contributed by atoms with Crippen molar-refractivity contribution in [2.24, 2.45) is 0 Å². The number of hydrogen-bond acceptors (Lipinski definition) is 2. The molecule has 0 saturated carbocycles. The first-order chi connectivity index (χ1) is 28.8. The van der Waals surface area contributed by atoms with Gasteiger partial charge in [-0.2, -0.15) is 0 Å². The van der Waals surface area contributed by atoms with Crippen LogP contribution in [0.2, 0.25) is 0 Å². The Morgan fingerprint density at radius 1 is 0.293 bits per heavy atom. The summed E-state index contributed by atoms with van der Waals surface area (Å²) < 4.78 is 9.32. The van der Waals surface area contributed by atoms with E-state index in [1.165, 1.54) is 43.5 Å². The summed E-state index contributed by atoms with van der Waals surface area (Å²) in [5, 5.41) is 15.5. The van der Waals surface area contributed by atoms with E-state index in [0.717, 1.165) is 56.6 Å². The Morgan fingerprint density at radius 3 is 1.43 bits per heavy atom. The molecule has 0 amide bonds. The van der Waals surface area contributed by atoms with Crippen molar-refractivity contribution in [2.45, 2.75) is 0 Å². The lowest BCUT2D eigenvalue weighted by Gasteiger charge is -2.14. The predicted molar refractivity (Wildman–Crippen MR) is 238 cm³/mol. The topological polar surface area (TPSA) is 45.5 Å². The van der Waals surface area contributed by atoms with Gasteiger partial charge in [0.15, 0.2) is 11.6 Å². The standard InChI is InChI=1S/C52H34N6/c1-5-15-35(16-6-1)51-53-54-52(36-17-7-2-8-18-36)58(51)40-27-25-39(26-28-40)57-49-33-44-41-23-13-14-24-47(41)56(38-21-11-4-12-22-38)48(44)34-45(49)42-29-30-46-43(50(42)57)31-32-55(46)37-19-9-3-10-20-37/h1-34H. The van der Waals surface area contributed by atoms with E-state index in [2.05, 4.69) is 188 Å². The van der Waals surface area contributed by atoms with Gasteiger partial charge < -0.3 is 13.7 Å². The van der Waals surface area contributed by atoms with Gasteiger partial charge in [-0.05, 0) is 78.9 Å². The highest BCUT2D eigenvalue weighted by Gasteiger charge is 2.22. The minimum absolute atomic E-state index is 0.797. The lowest BCUT2D eigenvalue weighted by molar-refractivity contribution is 1.07. The van der Waals surface area contributed by atoms with Gasteiger partial charge in [0, 0.05) is 67.0 Å². The second-order valence-corrected chi connectivity index (χ2v) is 14.8. The molecule has 0 atom stereocenters. The van der Waals surface area contributed by atoms with Crippen LogP contribution in [-0.2, 0) is 0 Å². The number of rotatable bonds is 6. The van der Waals surface area contributed by atoms with Crippen LogP contribution >= 0.6 is 0 Å². The summed E-state index contributed by atoms with van der Waals surface area (Å²) in [6, 6.07) is 71.1. The van der Waals surface area contributed by atoms with E-state index in [9.17, 15) is 0 Å². The molecule has 0 aliphatic carbocycles. The number of hydrogen-bond donors (Lipinski definition) is 0. The van der Waals surface area contributed by atoms with Gasteiger partial charge >= 0.3 is 0 Å². The highest BCUT2D eigenvalue weighted by Crippen LogP contribution is 2.42. The number of aromatic nitrogens is 6. The molecular weight excluding hydrogens is 709 g/mol. The summed E-state index contributed by atoms with van der Waals surface area (Å²) in [4.78, 5) is 0. The average molecular weight is 743 g/mol. The van der Waals surface area contributed by atoms with Gasteiger partial charge in [-0.15, -0.1) is 10.2 Å². The first-order valence-electron chi connectivity index (χ1n) is 19.6. The Balaban J connectivity index is 1.13. The van der Waals surface area contributed by atoms with E-state index >= 15 is 0 Å². The zero-order valence-electron chi connectivity index (χ0n) is 31.3. The van der Waals surface area contributed by atoms with Crippen LogP contribution in [0.4, 0.5) is 0 Å². The Bertz CT molecular complexity index is 3410. The Hall–Kier alpha value is -7.96. The van der Waals surface area contributed by atoms with Crippen LogP contribution in [0, 0.1) is 0 Å². The molecule has 12 rings (SSSR count). The molecule has 6 nitrogen and oxygen atoms in total. The minimum Gasteiger partial charge on any atom is -0.316 e. The van der Waals surface area contributed by atoms with Crippen molar-refractivity contribution in [3.8, 4) is 45.5 Å². The monoisotopic (exact) mass is 742 g/mol. The molecule has 0 aliphatic rings. The Morgan fingerprint density at radius 2 is 0.793 bits per heavy atom. The van der Waals surface area contributed by atoms with Gasteiger partial charge in [0.2, 0.25) is 0 Å². The summed E-state index contributed by atoms with van der Waals surface area (Å²) in [6.07, 6.45) is 2.19. The Kier molecular flexibility index (Phi) is 7.13. The molecule has 0 saturated heterocycles. The summed E-state index contributed by atoms with van der Waals surface area (Å²) in [7, 11) is 0. The molecule has 8 aromatic carbocycles. The van der Waals surface area contributed by atoms with E-state index in [-0.39, 0.29) is 0 Å². The third kappa shape index (κ3) is 4.85. The molecule has 0 spiro atoms. The lowest BCUT2D eigenvalue weighted by Crippen LogP contribution is -2.01. The molecule has 6 heteroatoms. The fraction of sp³-hybridized carbons (Fsp3) is 0. The van der Waals surface area contributed by atoms with Crippen molar-refractivity contribution in [3.05, 3.63) is 206 Å². The predicted octanol–water partition coefficient (Wildman–Crippen LogP) is 12.7. The van der Waals surface area contributed by atoms with Crippen molar-refractivity contribution >= 4 is 54.5 Å². The van der Waals surface area contributed by atoms with E-state index in [4.69, 9.17) is 10.2 Å². The van der Waals surface area contributed by atoms with Crippen LogP contribution in [0.15, 0.2) is 206 Å². The van der Waals surface area contributed by atoms with Crippen molar-refractivity contribution < 1.29 is 0 Å². The summed E-state index contributed by atoms with van der Waals surface area (Å²) >= 11 is 0. The van der Waals surface area contributed by atoms with E-state index in [0.29, 0.717) is 0 Å². The van der Waals surface area contributed by atoms with Crippen LogP contribution in [0.3, 0.4) is 0 Å². The average Bonchev–Trinajstić information content (AvgIpc) is 4.08. The zero-order valence-corrected chi connectivity index (χ0v) is 31.3. The van der Waals surface area contributed by atoms with Crippen LogP contribution in [0.25, 0.3) is 100 Å². The smallest absolute Gasteiger partial charge is 0.168 e. The molecule has 0 fully saturated rings. The molecule has 0 bridgehead atoms. The van der Waals surface area contributed by atoms with Gasteiger partial charge in [0.25, 0.3) is 0 Å². The number of nitrogens with zero attached hydrogens (tertiary/aromatic N) is 6. The van der Waals surface area contributed by atoms with Gasteiger partial charge in [0.1, 0.15) is 0 Å².